The molecule has 4 heteroatoms. The minimum atomic E-state index is -0.120. The second-order valence-electron chi connectivity index (χ2n) is 6.97. The normalized spacial score (nSPS) is 11.0. The quantitative estimate of drug-likeness (QED) is 0.461. The first-order valence-corrected chi connectivity index (χ1v) is 9.55. The summed E-state index contributed by atoms with van der Waals surface area (Å²) in [7, 11) is 0. The van der Waals surface area contributed by atoms with E-state index in [0.29, 0.717) is 12.0 Å². The number of nitrogens with zero attached hydrogens (tertiary/aromatic N) is 1. The van der Waals surface area contributed by atoms with Gasteiger partial charge in [0.05, 0.1) is 0 Å². The van der Waals surface area contributed by atoms with Gasteiger partial charge in [0.25, 0.3) is 0 Å². The summed E-state index contributed by atoms with van der Waals surface area (Å²) < 4.78 is 1.86. The van der Waals surface area contributed by atoms with Crippen molar-refractivity contribution >= 4 is 39.1 Å². The highest BCUT2D eigenvalue weighted by Crippen LogP contribution is 2.24. The van der Waals surface area contributed by atoms with Crippen molar-refractivity contribution in [2.24, 2.45) is 0 Å². The Morgan fingerprint density at radius 1 is 0.929 bits per heavy atom. The maximum atomic E-state index is 12.6. The van der Waals surface area contributed by atoms with Gasteiger partial charge in [-0.05, 0) is 35.4 Å². The summed E-state index contributed by atoms with van der Waals surface area (Å²) in [6.45, 7) is 2.15. The Bertz CT molecular complexity index is 1170. The molecule has 0 aliphatic rings. The molecule has 0 atom stereocenters. The number of aromatic nitrogens is 1. The number of Topliss-reactive ketones (excluding diaryl/α,β-unsaturated/α-hetero) is 1. The summed E-state index contributed by atoms with van der Waals surface area (Å²) in [5.74, 6) is -0.00193. The lowest BCUT2D eigenvalue weighted by atomic mass is 10.1. The van der Waals surface area contributed by atoms with Crippen LogP contribution in [-0.4, -0.2) is 16.3 Å². The van der Waals surface area contributed by atoms with Gasteiger partial charge in [-0.2, -0.15) is 0 Å². The molecule has 0 fully saturated rings. The van der Waals surface area contributed by atoms with Gasteiger partial charge in [0, 0.05) is 34.8 Å². The van der Waals surface area contributed by atoms with Crippen LogP contribution in [0.5, 0.6) is 0 Å². The lowest BCUT2D eigenvalue weighted by Gasteiger charge is -2.08. The van der Waals surface area contributed by atoms with Crippen LogP contribution >= 0.6 is 0 Å². The number of ketones is 1. The fraction of sp³-hybridized carbons (Fsp3) is 0.167. The van der Waals surface area contributed by atoms with E-state index in [1.165, 1.54) is 0 Å². The molecular formula is C24H22N2O2. The van der Waals surface area contributed by atoms with E-state index in [2.05, 4.69) is 5.32 Å². The van der Waals surface area contributed by atoms with Crippen molar-refractivity contribution in [2.45, 2.75) is 26.3 Å². The summed E-state index contributed by atoms with van der Waals surface area (Å²) in [6, 6.07) is 21.6. The highest BCUT2D eigenvalue weighted by atomic mass is 16.2. The van der Waals surface area contributed by atoms with Gasteiger partial charge < -0.3 is 9.88 Å². The number of rotatable bonds is 6. The molecule has 1 amide bonds. The molecule has 1 aromatic heterocycles. The van der Waals surface area contributed by atoms with Gasteiger partial charge in [0.1, 0.15) is 6.54 Å². The number of hydrogen-bond donors (Lipinski definition) is 1. The highest BCUT2D eigenvalue weighted by molar-refractivity contribution is 6.08. The number of carbonyl (C=O) groups is 2. The van der Waals surface area contributed by atoms with Crippen molar-refractivity contribution in [2.75, 3.05) is 5.32 Å². The Labute approximate surface area is 163 Å². The first kappa shape index (κ1) is 18.0. The summed E-state index contributed by atoms with van der Waals surface area (Å²) in [6.07, 6.45) is 3.13. The molecule has 4 rings (SSSR count). The number of anilines is 1. The molecule has 4 aromatic rings. The molecule has 3 aromatic carbocycles. The molecular weight excluding hydrogens is 348 g/mol. The van der Waals surface area contributed by atoms with Crippen molar-refractivity contribution in [3.63, 3.8) is 0 Å². The van der Waals surface area contributed by atoms with E-state index in [4.69, 9.17) is 0 Å². The smallest absolute Gasteiger partial charge is 0.244 e. The largest absolute Gasteiger partial charge is 0.337 e. The fourth-order valence-electron chi connectivity index (χ4n) is 3.58. The minimum Gasteiger partial charge on any atom is -0.337 e. The molecule has 4 nitrogen and oxygen atoms in total. The van der Waals surface area contributed by atoms with Gasteiger partial charge in [-0.3, -0.25) is 9.59 Å². The Balaban J connectivity index is 1.58. The zero-order chi connectivity index (χ0) is 19.5. The predicted molar refractivity (Wildman–Crippen MR) is 114 cm³/mol. The summed E-state index contributed by atoms with van der Waals surface area (Å²) >= 11 is 0. The lowest BCUT2D eigenvalue weighted by molar-refractivity contribution is -0.116. The van der Waals surface area contributed by atoms with E-state index in [1.54, 1.807) is 0 Å². The maximum absolute atomic E-state index is 12.6. The maximum Gasteiger partial charge on any atom is 0.244 e. The van der Waals surface area contributed by atoms with E-state index >= 15 is 0 Å². The summed E-state index contributed by atoms with van der Waals surface area (Å²) in [5, 5.41) is 6.09. The van der Waals surface area contributed by atoms with Crippen LogP contribution in [0, 0.1) is 0 Å². The van der Waals surface area contributed by atoms with E-state index in [-0.39, 0.29) is 18.2 Å². The Morgan fingerprint density at radius 3 is 2.50 bits per heavy atom. The second-order valence-corrected chi connectivity index (χ2v) is 6.97. The number of hydrogen-bond acceptors (Lipinski definition) is 2. The van der Waals surface area contributed by atoms with Gasteiger partial charge in [-0.1, -0.05) is 55.5 Å². The Morgan fingerprint density at radius 2 is 1.68 bits per heavy atom. The highest BCUT2D eigenvalue weighted by Gasteiger charge is 2.15. The van der Waals surface area contributed by atoms with Crippen LogP contribution in [0.25, 0.3) is 21.7 Å². The van der Waals surface area contributed by atoms with Crippen molar-refractivity contribution in [1.82, 2.24) is 4.57 Å². The van der Waals surface area contributed by atoms with Crippen LogP contribution in [0.2, 0.25) is 0 Å². The SMILES string of the molecule is CCCC(=O)c1cn(CC(=O)Nc2ccc3ccccc3c2)c2ccccc12. The molecule has 0 radical (unpaired) electrons. The van der Waals surface area contributed by atoms with Crippen LogP contribution in [0.3, 0.4) is 0 Å². The topological polar surface area (TPSA) is 51.1 Å². The molecule has 28 heavy (non-hydrogen) atoms. The zero-order valence-corrected chi connectivity index (χ0v) is 15.8. The average molecular weight is 370 g/mol. The number of nitrogens with one attached hydrogen (secondary N) is 1. The lowest BCUT2D eigenvalue weighted by Crippen LogP contribution is -2.18. The van der Waals surface area contributed by atoms with Gasteiger partial charge in [0.2, 0.25) is 5.91 Å². The van der Waals surface area contributed by atoms with Crippen LogP contribution in [0.1, 0.15) is 30.1 Å². The third-order valence-corrected chi connectivity index (χ3v) is 4.91. The number of fused-ring (bicyclic) bond motifs is 2. The van der Waals surface area contributed by atoms with Gasteiger partial charge in [0.15, 0.2) is 5.78 Å². The average Bonchev–Trinajstić information content (AvgIpc) is 3.07. The molecule has 0 spiro atoms. The molecule has 0 aliphatic heterocycles. The van der Waals surface area contributed by atoms with E-state index in [9.17, 15) is 9.59 Å². The molecule has 0 bridgehead atoms. The van der Waals surface area contributed by atoms with Crippen LogP contribution in [-0.2, 0) is 11.3 Å². The van der Waals surface area contributed by atoms with Crippen molar-refractivity contribution in [1.29, 1.82) is 0 Å². The van der Waals surface area contributed by atoms with E-state index < -0.39 is 0 Å². The fourth-order valence-corrected chi connectivity index (χ4v) is 3.58. The number of benzene rings is 3. The van der Waals surface area contributed by atoms with Gasteiger partial charge in [-0.15, -0.1) is 0 Å². The zero-order valence-electron chi connectivity index (χ0n) is 15.8. The van der Waals surface area contributed by atoms with Crippen LogP contribution in [0.15, 0.2) is 72.9 Å². The second kappa shape index (κ2) is 7.69. The molecule has 0 aliphatic carbocycles. The molecule has 0 saturated heterocycles. The number of carbonyl (C=O) groups excluding carboxylic acids is 2. The number of amides is 1. The van der Waals surface area contributed by atoms with E-state index in [1.807, 2.05) is 84.4 Å². The molecule has 140 valence electrons. The molecule has 1 heterocycles. The standard InChI is InChI=1S/C24H22N2O2/c1-2-7-23(27)21-15-26(22-11-6-5-10-20(21)22)16-24(28)25-19-13-12-17-8-3-4-9-18(17)14-19/h3-6,8-15H,2,7,16H2,1H3,(H,25,28). The monoisotopic (exact) mass is 370 g/mol. The van der Waals surface area contributed by atoms with E-state index in [0.717, 1.165) is 33.8 Å². The first-order valence-electron chi connectivity index (χ1n) is 9.55. The van der Waals surface area contributed by atoms with Crippen molar-refractivity contribution < 1.29 is 9.59 Å². The van der Waals surface area contributed by atoms with Crippen LogP contribution in [0.4, 0.5) is 5.69 Å². The molecule has 1 N–H and O–H groups in total. The molecule has 0 saturated carbocycles. The van der Waals surface area contributed by atoms with Crippen molar-refractivity contribution in [3.05, 3.63) is 78.5 Å². The predicted octanol–water partition coefficient (Wildman–Crippen LogP) is 5.42. The Hall–Kier alpha value is -3.40. The van der Waals surface area contributed by atoms with Gasteiger partial charge >= 0.3 is 0 Å². The number of para-hydroxylation sites is 1. The minimum absolute atomic E-state index is 0.118. The van der Waals surface area contributed by atoms with Crippen molar-refractivity contribution in [3.8, 4) is 0 Å². The molecule has 0 unspecified atom stereocenters. The summed E-state index contributed by atoms with van der Waals surface area (Å²) in [5.41, 5.74) is 2.36. The first-order chi connectivity index (χ1) is 13.7. The third kappa shape index (κ3) is 3.54. The third-order valence-electron chi connectivity index (χ3n) is 4.91. The van der Waals surface area contributed by atoms with Crippen LogP contribution < -0.4 is 5.32 Å². The summed E-state index contributed by atoms with van der Waals surface area (Å²) in [4.78, 5) is 25.1. The Kier molecular flexibility index (Phi) is 4.94. The van der Waals surface area contributed by atoms with Gasteiger partial charge in [-0.25, -0.2) is 0 Å².